The highest BCUT2D eigenvalue weighted by atomic mass is 16.5. The number of hydrogen-bond acceptors (Lipinski definition) is 3. The number of rotatable bonds is 4. The molecule has 5 nitrogen and oxygen atoms in total. The minimum Gasteiger partial charge on any atom is -0.497 e. The summed E-state index contributed by atoms with van der Waals surface area (Å²) in [7, 11) is 1.60. The molecule has 1 heterocycles. The molecule has 2 aromatic rings. The molecule has 2 aromatic carbocycles. The van der Waals surface area contributed by atoms with Crippen LogP contribution in [0.3, 0.4) is 0 Å². The fourth-order valence-corrected chi connectivity index (χ4v) is 2.91. The molecule has 1 atom stereocenters. The molecule has 0 aliphatic carbocycles. The Balaban J connectivity index is 1.68. The molecule has 5 heteroatoms. The number of aryl methyl sites for hydroxylation is 1. The van der Waals surface area contributed by atoms with Gasteiger partial charge < -0.3 is 15.0 Å². The quantitative estimate of drug-likeness (QED) is 0.940. The fraction of sp³-hybridized carbons (Fsp3) is 0.263. The second-order valence-corrected chi connectivity index (χ2v) is 5.89. The molecule has 124 valence electrons. The van der Waals surface area contributed by atoms with Crippen LogP contribution in [-0.2, 0) is 4.79 Å². The predicted molar refractivity (Wildman–Crippen MR) is 92.4 cm³/mol. The highest BCUT2D eigenvalue weighted by Crippen LogP contribution is 2.24. The van der Waals surface area contributed by atoms with Gasteiger partial charge in [-0.05, 0) is 42.8 Å². The lowest BCUT2D eigenvalue weighted by molar-refractivity contribution is -0.117. The number of amides is 2. The Morgan fingerprint density at radius 3 is 2.54 bits per heavy atom. The Bertz CT molecular complexity index is 755. The second-order valence-electron chi connectivity index (χ2n) is 5.89. The number of nitrogens with zero attached hydrogens (tertiary/aromatic N) is 1. The van der Waals surface area contributed by atoms with Crippen LogP contribution >= 0.6 is 0 Å². The standard InChI is InChI=1S/C19H20N2O3/c1-13-5-3-4-6-17(13)19(23)20-14-11-18(22)21(12-14)15-7-9-16(24-2)10-8-15/h3-10,14H,11-12H2,1-2H3,(H,20,23). The summed E-state index contributed by atoms with van der Waals surface area (Å²) >= 11 is 0. The monoisotopic (exact) mass is 324 g/mol. The molecule has 1 N–H and O–H groups in total. The zero-order valence-corrected chi connectivity index (χ0v) is 13.8. The zero-order chi connectivity index (χ0) is 17.1. The van der Waals surface area contributed by atoms with E-state index in [1.165, 1.54) is 0 Å². The van der Waals surface area contributed by atoms with Gasteiger partial charge in [0.1, 0.15) is 5.75 Å². The van der Waals surface area contributed by atoms with E-state index >= 15 is 0 Å². The average molecular weight is 324 g/mol. The Morgan fingerprint density at radius 2 is 1.88 bits per heavy atom. The SMILES string of the molecule is COc1ccc(N2CC(NC(=O)c3ccccc3C)CC2=O)cc1. The van der Waals surface area contributed by atoms with Crippen molar-refractivity contribution in [3.8, 4) is 5.75 Å². The maximum Gasteiger partial charge on any atom is 0.251 e. The van der Waals surface area contributed by atoms with Crippen LogP contribution in [0.2, 0.25) is 0 Å². The largest absolute Gasteiger partial charge is 0.497 e. The van der Waals surface area contributed by atoms with Crippen molar-refractivity contribution in [2.24, 2.45) is 0 Å². The van der Waals surface area contributed by atoms with Crippen molar-refractivity contribution in [3.63, 3.8) is 0 Å². The molecule has 0 bridgehead atoms. The zero-order valence-electron chi connectivity index (χ0n) is 13.8. The summed E-state index contributed by atoms with van der Waals surface area (Å²) in [4.78, 5) is 26.4. The van der Waals surface area contributed by atoms with Crippen molar-refractivity contribution in [3.05, 3.63) is 59.7 Å². The van der Waals surface area contributed by atoms with Gasteiger partial charge in [0.05, 0.1) is 13.2 Å². The Labute approximate surface area is 141 Å². The number of anilines is 1. The number of methoxy groups -OCH3 is 1. The fourth-order valence-electron chi connectivity index (χ4n) is 2.91. The lowest BCUT2D eigenvalue weighted by Gasteiger charge is -2.18. The van der Waals surface area contributed by atoms with Crippen molar-refractivity contribution in [1.29, 1.82) is 0 Å². The number of carbonyl (C=O) groups is 2. The average Bonchev–Trinajstić information content (AvgIpc) is 2.95. The van der Waals surface area contributed by atoms with E-state index in [0.717, 1.165) is 17.0 Å². The maximum absolute atomic E-state index is 12.4. The molecule has 0 radical (unpaired) electrons. The molecule has 0 saturated carbocycles. The topological polar surface area (TPSA) is 58.6 Å². The molecule has 1 unspecified atom stereocenters. The molecular formula is C19H20N2O3. The minimum atomic E-state index is -0.188. The van der Waals surface area contributed by atoms with Gasteiger partial charge in [-0.25, -0.2) is 0 Å². The first kappa shape index (κ1) is 16.1. The van der Waals surface area contributed by atoms with Crippen molar-refractivity contribution < 1.29 is 14.3 Å². The summed E-state index contributed by atoms with van der Waals surface area (Å²) < 4.78 is 5.13. The number of nitrogens with one attached hydrogen (secondary N) is 1. The molecule has 1 fully saturated rings. The third-order valence-electron chi connectivity index (χ3n) is 4.23. The minimum absolute atomic E-state index is 0.00949. The van der Waals surface area contributed by atoms with E-state index < -0.39 is 0 Å². The molecule has 3 rings (SSSR count). The Morgan fingerprint density at radius 1 is 1.17 bits per heavy atom. The third-order valence-corrected chi connectivity index (χ3v) is 4.23. The molecule has 0 spiro atoms. The van der Waals surface area contributed by atoms with Gasteiger partial charge in [-0.1, -0.05) is 18.2 Å². The van der Waals surface area contributed by atoms with Crippen molar-refractivity contribution in [2.45, 2.75) is 19.4 Å². The van der Waals surface area contributed by atoms with E-state index in [-0.39, 0.29) is 17.9 Å². The van der Waals surface area contributed by atoms with Crippen LogP contribution < -0.4 is 15.0 Å². The highest BCUT2D eigenvalue weighted by molar-refractivity contribution is 5.99. The van der Waals surface area contributed by atoms with Crippen LogP contribution in [0.15, 0.2) is 48.5 Å². The lowest BCUT2D eigenvalue weighted by atomic mass is 10.1. The van der Waals surface area contributed by atoms with Gasteiger partial charge in [0.2, 0.25) is 5.91 Å². The van der Waals surface area contributed by atoms with E-state index in [0.29, 0.717) is 18.5 Å². The van der Waals surface area contributed by atoms with Crippen LogP contribution in [0, 0.1) is 6.92 Å². The molecule has 1 saturated heterocycles. The smallest absolute Gasteiger partial charge is 0.251 e. The van der Waals surface area contributed by atoms with Gasteiger partial charge in [0.25, 0.3) is 5.91 Å². The number of ether oxygens (including phenoxy) is 1. The molecule has 2 amide bonds. The van der Waals surface area contributed by atoms with Crippen LogP contribution in [0.1, 0.15) is 22.3 Å². The number of hydrogen-bond donors (Lipinski definition) is 1. The summed E-state index contributed by atoms with van der Waals surface area (Å²) in [5.74, 6) is 0.618. The summed E-state index contributed by atoms with van der Waals surface area (Å²) in [5, 5.41) is 2.96. The maximum atomic E-state index is 12.4. The van der Waals surface area contributed by atoms with Crippen molar-refractivity contribution >= 4 is 17.5 Å². The summed E-state index contributed by atoms with van der Waals surface area (Å²) in [6, 6.07) is 14.6. The summed E-state index contributed by atoms with van der Waals surface area (Å²) in [5.41, 5.74) is 2.38. The van der Waals surface area contributed by atoms with E-state index in [2.05, 4.69) is 5.32 Å². The van der Waals surface area contributed by atoms with Crippen LogP contribution in [-0.4, -0.2) is 31.5 Å². The van der Waals surface area contributed by atoms with Gasteiger partial charge in [-0.3, -0.25) is 9.59 Å². The normalized spacial score (nSPS) is 17.0. The molecule has 0 aromatic heterocycles. The van der Waals surface area contributed by atoms with Gasteiger partial charge in [-0.2, -0.15) is 0 Å². The van der Waals surface area contributed by atoms with Crippen molar-refractivity contribution in [2.75, 3.05) is 18.6 Å². The number of carbonyl (C=O) groups excluding carboxylic acids is 2. The van der Waals surface area contributed by atoms with Crippen LogP contribution in [0.4, 0.5) is 5.69 Å². The van der Waals surface area contributed by atoms with E-state index in [1.807, 2.05) is 49.4 Å². The Hall–Kier alpha value is -2.82. The van der Waals surface area contributed by atoms with E-state index in [4.69, 9.17) is 4.74 Å². The van der Waals surface area contributed by atoms with Crippen LogP contribution in [0.25, 0.3) is 0 Å². The van der Waals surface area contributed by atoms with E-state index in [9.17, 15) is 9.59 Å². The Kier molecular flexibility index (Phi) is 4.51. The molecule has 24 heavy (non-hydrogen) atoms. The summed E-state index contributed by atoms with van der Waals surface area (Å²) in [6.07, 6.45) is 0.309. The number of benzene rings is 2. The van der Waals surface area contributed by atoms with Gasteiger partial charge in [-0.15, -0.1) is 0 Å². The van der Waals surface area contributed by atoms with Gasteiger partial charge >= 0.3 is 0 Å². The first-order chi connectivity index (χ1) is 11.6. The summed E-state index contributed by atoms with van der Waals surface area (Å²) in [6.45, 7) is 2.38. The molecule has 1 aliphatic heterocycles. The van der Waals surface area contributed by atoms with Gasteiger partial charge in [0, 0.05) is 24.2 Å². The molecular weight excluding hydrogens is 304 g/mol. The van der Waals surface area contributed by atoms with Crippen molar-refractivity contribution in [1.82, 2.24) is 5.32 Å². The lowest BCUT2D eigenvalue weighted by Crippen LogP contribution is -2.37. The third kappa shape index (κ3) is 3.25. The highest BCUT2D eigenvalue weighted by Gasteiger charge is 2.31. The predicted octanol–water partition coefficient (Wildman–Crippen LogP) is 2.54. The first-order valence-corrected chi connectivity index (χ1v) is 7.89. The van der Waals surface area contributed by atoms with E-state index in [1.54, 1.807) is 18.1 Å². The van der Waals surface area contributed by atoms with Crippen LogP contribution in [0.5, 0.6) is 5.75 Å². The molecule has 1 aliphatic rings. The second kappa shape index (κ2) is 6.74. The first-order valence-electron chi connectivity index (χ1n) is 7.89. The van der Waals surface area contributed by atoms with Gasteiger partial charge in [0.15, 0.2) is 0 Å².